The first-order valence-electron chi connectivity index (χ1n) is 9.55. The van der Waals surface area contributed by atoms with Crippen LogP contribution in [-0.2, 0) is 20.9 Å². The number of para-hydroxylation sites is 1. The number of rotatable bonds is 6. The fourth-order valence-electron chi connectivity index (χ4n) is 3.18. The minimum absolute atomic E-state index is 0.200. The predicted octanol–water partition coefficient (Wildman–Crippen LogP) is 1.70. The average Bonchev–Trinajstić information content (AvgIpc) is 3.18. The molecule has 10 nitrogen and oxygen atoms in total. The minimum Gasteiger partial charge on any atom is -0.377 e. The van der Waals surface area contributed by atoms with Gasteiger partial charge in [0, 0.05) is 18.4 Å². The van der Waals surface area contributed by atoms with Gasteiger partial charge in [-0.25, -0.2) is 4.98 Å². The third-order valence-electron chi connectivity index (χ3n) is 4.68. The zero-order valence-electron chi connectivity index (χ0n) is 16.6. The van der Waals surface area contributed by atoms with E-state index in [0.29, 0.717) is 35.2 Å². The third-order valence-corrected chi connectivity index (χ3v) is 4.68. The number of amides is 3. The van der Waals surface area contributed by atoms with Crippen LogP contribution in [0.3, 0.4) is 0 Å². The number of benzene rings is 2. The molecule has 2 heterocycles. The van der Waals surface area contributed by atoms with E-state index in [1.807, 2.05) is 0 Å². The van der Waals surface area contributed by atoms with Crippen molar-refractivity contribution in [1.82, 2.24) is 20.5 Å². The van der Waals surface area contributed by atoms with E-state index >= 15 is 0 Å². The van der Waals surface area contributed by atoms with Crippen molar-refractivity contribution in [3.63, 3.8) is 0 Å². The smallest absolute Gasteiger partial charge is 0.254 e. The highest BCUT2D eigenvalue weighted by molar-refractivity contribution is 6.11. The number of nitrogens with one attached hydrogen (secondary N) is 4. The molecule has 0 radical (unpaired) electrons. The topological polar surface area (TPSA) is 138 Å². The molecule has 158 valence electrons. The second-order valence-electron chi connectivity index (χ2n) is 6.93. The van der Waals surface area contributed by atoms with Gasteiger partial charge in [0.25, 0.3) is 5.91 Å². The molecule has 0 aliphatic carbocycles. The van der Waals surface area contributed by atoms with Gasteiger partial charge in [0.05, 0.1) is 17.7 Å². The molecule has 0 unspecified atom stereocenters. The summed E-state index contributed by atoms with van der Waals surface area (Å²) in [6, 6.07) is 12.7. The number of methoxy groups -OCH3 is 1. The molecule has 3 amide bonds. The van der Waals surface area contributed by atoms with Crippen LogP contribution in [0.2, 0.25) is 0 Å². The lowest BCUT2D eigenvalue weighted by Gasteiger charge is -2.14. The Balaban J connectivity index is 1.38. The van der Waals surface area contributed by atoms with Crippen molar-refractivity contribution in [2.45, 2.75) is 19.1 Å². The highest BCUT2D eigenvalue weighted by Crippen LogP contribution is 2.20. The van der Waals surface area contributed by atoms with Gasteiger partial charge < -0.3 is 20.7 Å². The monoisotopic (exact) mass is 420 g/mol. The van der Waals surface area contributed by atoms with Crippen molar-refractivity contribution in [2.75, 3.05) is 17.7 Å². The van der Waals surface area contributed by atoms with Crippen LogP contribution in [0.4, 0.5) is 11.4 Å². The first-order chi connectivity index (χ1) is 15.0. The summed E-state index contributed by atoms with van der Waals surface area (Å²) in [5.41, 5.74) is 2.09. The number of aromatic amines is 1. The number of hydrogen-bond donors (Lipinski definition) is 4. The predicted molar refractivity (Wildman–Crippen MR) is 112 cm³/mol. The van der Waals surface area contributed by atoms with Crippen LogP contribution in [0.15, 0.2) is 48.5 Å². The van der Waals surface area contributed by atoms with Crippen LogP contribution in [0.1, 0.15) is 22.6 Å². The highest BCUT2D eigenvalue weighted by Gasteiger charge is 2.29. The van der Waals surface area contributed by atoms with Gasteiger partial charge in [-0.1, -0.05) is 12.1 Å². The summed E-state index contributed by atoms with van der Waals surface area (Å²) in [7, 11) is 1.57. The number of aromatic nitrogens is 3. The molecule has 0 saturated heterocycles. The SMILES string of the molecule is COCc1nc(-c2ccc(NC(=O)C[C@@H]3NC(=O)c4ccccc4NC3=O)cc2)n[nH]1. The Labute approximate surface area is 177 Å². The third kappa shape index (κ3) is 4.59. The number of hydrogen-bond acceptors (Lipinski definition) is 6. The summed E-state index contributed by atoms with van der Waals surface area (Å²) in [6.45, 7) is 0.331. The van der Waals surface area contributed by atoms with E-state index < -0.39 is 23.8 Å². The molecule has 0 fully saturated rings. The van der Waals surface area contributed by atoms with Gasteiger partial charge >= 0.3 is 0 Å². The van der Waals surface area contributed by atoms with Crippen molar-refractivity contribution in [1.29, 1.82) is 0 Å². The molecule has 1 atom stereocenters. The number of H-pyrrole nitrogens is 1. The summed E-state index contributed by atoms with van der Waals surface area (Å²) in [5.74, 6) is -0.127. The second-order valence-corrected chi connectivity index (χ2v) is 6.93. The maximum Gasteiger partial charge on any atom is 0.254 e. The number of fused-ring (bicyclic) bond motifs is 1. The van der Waals surface area contributed by atoms with Crippen molar-refractivity contribution >= 4 is 29.1 Å². The number of carbonyl (C=O) groups excluding carboxylic acids is 3. The molecular weight excluding hydrogens is 400 g/mol. The lowest BCUT2D eigenvalue weighted by atomic mass is 10.1. The summed E-state index contributed by atoms with van der Waals surface area (Å²) >= 11 is 0. The Morgan fingerprint density at radius 1 is 1.13 bits per heavy atom. The lowest BCUT2D eigenvalue weighted by Crippen LogP contribution is -2.43. The van der Waals surface area contributed by atoms with Crippen LogP contribution in [-0.4, -0.2) is 46.1 Å². The first-order valence-corrected chi connectivity index (χ1v) is 9.55. The van der Waals surface area contributed by atoms with E-state index in [2.05, 4.69) is 31.1 Å². The fraction of sp³-hybridized carbons (Fsp3) is 0.190. The molecule has 0 spiro atoms. The summed E-state index contributed by atoms with van der Waals surface area (Å²) in [5, 5.41) is 14.9. The molecular formula is C21H20N6O4. The summed E-state index contributed by atoms with van der Waals surface area (Å²) < 4.78 is 5.01. The Morgan fingerprint density at radius 2 is 1.90 bits per heavy atom. The zero-order chi connectivity index (χ0) is 21.8. The van der Waals surface area contributed by atoms with Gasteiger partial charge in [-0.3, -0.25) is 19.5 Å². The first kappa shape index (κ1) is 20.2. The van der Waals surface area contributed by atoms with E-state index in [9.17, 15) is 14.4 Å². The van der Waals surface area contributed by atoms with Crippen molar-refractivity contribution < 1.29 is 19.1 Å². The summed E-state index contributed by atoms with van der Waals surface area (Å²) in [6.07, 6.45) is -0.200. The van der Waals surface area contributed by atoms with Crippen molar-refractivity contribution in [3.8, 4) is 11.4 Å². The standard InChI is InChI=1S/C21H20N6O4/c1-31-11-17-25-19(27-26-17)12-6-8-13(9-7-12)22-18(28)10-16-21(30)23-15-5-3-2-4-14(15)20(29)24-16/h2-9,16H,10-11H2,1H3,(H,22,28)(H,23,30)(H,24,29)(H,25,26,27)/t16-/m0/s1. The molecule has 31 heavy (non-hydrogen) atoms. The van der Waals surface area contributed by atoms with Crippen LogP contribution in [0.5, 0.6) is 0 Å². The van der Waals surface area contributed by atoms with Crippen LogP contribution in [0, 0.1) is 0 Å². The normalized spacial score (nSPS) is 15.5. The molecule has 1 aliphatic rings. The quantitative estimate of drug-likeness (QED) is 0.479. The van der Waals surface area contributed by atoms with Crippen molar-refractivity contribution in [2.24, 2.45) is 0 Å². The lowest BCUT2D eigenvalue weighted by molar-refractivity contribution is -0.122. The Kier molecular flexibility index (Phi) is 5.72. The molecule has 1 aromatic heterocycles. The van der Waals surface area contributed by atoms with E-state index in [-0.39, 0.29) is 6.42 Å². The number of anilines is 2. The van der Waals surface area contributed by atoms with Gasteiger partial charge in [-0.15, -0.1) is 0 Å². The van der Waals surface area contributed by atoms with Crippen LogP contribution < -0.4 is 16.0 Å². The molecule has 2 aromatic carbocycles. The second kappa shape index (κ2) is 8.76. The van der Waals surface area contributed by atoms with E-state index in [4.69, 9.17) is 4.74 Å². The van der Waals surface area contributed by atoms with Gasteiger partial charge in [0.15, 0.2) is 11.6 Å². The number of carbonyl (C=O) groups is 3. The van der Waals surface area contributed by atoms with Gasteiger partial charge in [-0.2, -0.15) is 5.10 Å². The van der Waals surface area contributed by atoms with Crippen molar-refractivity contribution in [3.05, 3.63) is 59.9 Å². The van der Waals surface area contributed by atoms with Gasteiger partial charge in [0.1, 0.15) is 12.6 Å². The highest BCUT2D eigenvalue weighted by atomic mass is 16.5. The Hall–Kier alpha value is -4.05. The number of nitrogens with zero attached hydrogens (tertiary/aromatic N) is 2. The van der Waals surface area contributed by atoms with Crippen LogP contribution >= 0.6 is 0 Å². The Morgan fingerprint density at radius 3 is 2.68 bits per heavy atom. The largest absolute Gasteiger partial charge is 0.377 e. The van der Waals surface area contributed by atoms with Gasteiger partial charge in [-0.05, 0) is 36.4 Å². The number of ether oxygens (including phenoxy) is 1. The summed E-state index contributed by atoms with van der Waals surface area (Å²) in [4.78, 5) is 41.6. The van der Waals surface area contributed by atoms with E-state index in [1.54, 1.807) is 55.6 Å². The molecule has 0 bridgehead atoms. The average molecular weight is 420 g/mol. The molecule has 1 aliphatic heterocycles. The fourth-order valence-corrected chi connectivity index (χ4v) is 3.18. The zero-order valence-corrected chi connectivity index (χ0v) is 16.6. The minimum atomic E-state index is -0.980. The Bertz CT molecular complexity index is 1120. The van der Waals surface area contributed by atoms with Crippen LogP contribution in [0.25, 0.3) is 11.4 Å². The maximum absolute atomic E-state index is 12.5. The molecule has 3 aromatic rings. The molecule has 4 N–H and O–H groups in total. The molecule has 10 heteroatoms. The van der Waals surface area contributed by atoms with Gasteiger partial charge in [0.2, 0.25) is 11.8 Å². The molecule has 4 rings (SSSR count). The van der Waals surface area contributed by atoms with E-state index in [1.165, 1.54) is 0 Å². The van der Waals surface area contributed by atoms with E-state index in [0.717, 1.165) is 5.56 Å². The maximum atomic E-state index is 12.5. The molecule has 0 saturated carbocycles.